The van der Waals surface area contributed by atoms with Crippen LogP contribution in [-0.2, 0) is 14.3 Å². The van der Waals surface area contributed by atoms with Crippen LogP contribution in [0.4, 0.5) is 0 Å². The van der Waals surface area contributed by atoms with Gasteiger partial charge in [0.1, 0.15) is 5.54 Å². The molecule has 1 saturated heterocycles. The maximum absolute atomic E-state index is 11.3. The third-order valence-electron chi connectivity index (χ3n) is 1.95. The Morgan fingerprint density at radius 3 is 3.00 bits per heavy atom. The molecular formula is C8H15NO3. The Bertz CT molecular complexity index is 164. The van der Waals surface area contributed by atoms with Gasteiger partial charge in [0.05, 0.1) is 13.2 Å². The first-order valence-corrected chi connectivity index (χ1v) is 4.23. The van der Waals surface area contributed by atoms with E-state index in [1.54, 1.807) is 6.92 Å². The summed E-state index contributed by atoms with van der Waals surface area (Å²) in [6.45, 7) is 3.12. The highest BCUT2D eigenvalue weighted by atomic mass is 16.5. The number of esters is 1. The van der Waals surface area contributed by atoms with Crippen LogP contribution in [0.5, 0.6) is 0 Å². The lowest BCUT2D eigenvalue weighted by Crippen LogP contribution is -2.54. The first-order valence-electron chi connectivity index (χ1n) is 4.23. The molecule has 0 amide bonds. The maximum Gasteiger partial charge on any atom is 0.328 e. The number of nitrogens with two attached hydrogens (primary N) is 1. The molecule has 4 heteroatoms. The van der Waals surface area contributed by atoms with Crippen molar-refractivity contribution >= 4 is 5.97 Å². The van der Waals surface area contributed by atoms with Gasteiger partial charge in [-0.1, -0.05) is 0 Å². The normalized spacial score (nSPS) is 29.8. The average molecular weight is 173 g/mol. The highest BCUT2D eigenvalue weighted by Crippen LogP contribution is 2.17. The van der Waals surface area contributed by atoms with Gasteiger partial charge >= 0.3 is 5.97 Å². The fraction of sp³-hybridized carbons (Fsp3) is 0.875. The summed E-state index contributed by atoms with van der Waals surface area (Å²) in [6.07, 6.45) is 1.49. The van der Waals surface area contributed by atoms with Gasteiger partial charge in [0.25, 0.3) is 0 Å². The van der Waals surface area contributed by atoms with Crippen molar-refractivity contribution in [2.75, 3.05) is 19.8 Å². The fourth-order valence-electron chi connectivity index (χ4n) is 1.25. The fourth-order valence-corrected chi connectivity index (χ4v) is 1.25. The minimum atomic E-state index is -0.895. The van der Waals surface area contributed by atoms with Crippen molar-refractivity contribution in [3.63, 3.8) is 0 Å². The highest BCUT2D eigenvalue weighted by Gasteiger charge is 2.37. The lowest BCUT2D eigenvalue weighted by Gasteiger charge is -2.30. The van der Waals surface area contributed by atoms with Crippen molar-refractivity contribution in [2.45, 2.75) is 25.3 Å². The SMILES string of the molecule is CCOC(=O)[C@]1(N)CCCOC1. The predicted molar refractivity (Wildman–Crippen MR) is 43.6 cm³/mol. The van der Waals surface area contributed by atoms with Crippen LogP contribution >= 0.6 is 0 Å². The molecular weight excluding hydrogens is 158 g/mol. The Morgan fingerprint density at radius 1 is 1.75 bits per heavy atom. The lowest BCUT2D eigenvalue weighted by molar-refractivity contribution is -0.154. The Balaban J connectivity index is 2.50. The molecule has 1 aliphatic rings. The summed E-state index contributed by atoms with van der Waals surface area (Å²) in [5.74, 6) is -0.343. The summed E-state index contributed by atoms with van der Waals surface area (Å²) >= 11 is 0. The van der Waals surface area contributed by atoms with E-state index in [0.717, 1.165) is 6.42 Å². The summed E-state index contributed by atoms with van der Waals surface area (Å²) in [5, 5.41) is 0. The van der Waals surface area contributed by atoms with Crippen molar-refractivity contribution in [2.24, 2.45) is 5.73 Å². The van der Waals surface area contributed by atoms with Crippen molar-refractivity contribution in [3.05, 3.63) is 0 Å². The summed E-state index contributed by atoms with van der Waals surface area (Å²) in [6, 6.07) is 0. The zero-order chi connectivity index (χ0) is 9.03. The van der Waals surface area contributed by atoms with Crippen molar-refractivity contribution < 1.29 is 14.3 Å². The maximum atomic E-state index is 11.3. The summed E-state index contributed by atoms with van der Waals surface area (Å²) in [5.41, 5.74) is 4.89. The molecule has 4 nitrogen and oxygen atoms in total. The van der Waals surface area contributed by atoms with Gasteiger partial charge in [-0.3, -0.25) is 0 Å². The molecule has 0 saturated carbocycles. The van der Waals surface area contributed by atoms with Gasteiger partial charge in [0.15, 0.2) is 0 Å². The van der Waals surface area contributed by atoms with Gasteiger partial charge < -0.3 is 15.2 Å². The Morgan fingerprint density at radius 2 is 2.50 bits per heavy atom. The average Bonchev–Trinajstić information content (AvgIpc) is 2.06. The van der Waals surface area contributed by atoms with Gasteiger partial charge in [-0.05, 0) is 19.8 Å². The third kappa shape index (κ3) is 1.95. The minimum Gasteiger partial charge on any atom is -0.465 e. The number of hydrogen-bond acceptors (Lipinski definition) is 4. The Hall–Kier alpha value is -0.610. The molecule has 1 aliphatic heterocycles. The van der Waals surface area contributed by atoms with Crippen LogP contribution in [0.1, 0.15) is 19.8 Å². The second-order valence-corrected chi connectivity index (χ2v) is 3.03. The molecule has 0 aromatic heterocycles. The summed E-state index contributed by atoms with van der Waals surface area (Å²) in [7, 11) is 0. The molecule has 1 fully saturated rings. The van der Waals surface area contributed by atoms with Gasteiger partial charge in [-0.15, -0.1) is 0 Å². The van der Waals surface area contributed by atoms with Crippen LogP contribution in [-0.4, -0.2) is 31.3 Å². The van der Waals surface area contributed by atoms with E-state index >= 15 is 0 Å². The molecule has 0 spiro atoms. The monoisotopic (exact) mass is 173 g/mol. The van der Waals surface area contributed by atoms with E-state index < -0.39 is 5.54 Å². The predicted octanol–water partition coefficient (Wildman–Crippen LogP) is 0.0574. The number of ether oxygens (including phenoxy) is 2. The molecule has 0 radical (unpaired) electrons. The van der Waals surface area contributed by atoms with E-state index in [2.05, 4.69) is 0 Å². The number of hydrogen-bond donors (Lipinski definition) is 1. The lowest BCUT2D eigenvalue weighted by atomic mass is 9.94. The second-order valence-electron chi connectivity index (χ2n) is 3.03. The van der Waals surface area contributed by atoms with Crippen molar-refractivity contribution in [1.29, 1.82) is 0 Å². The molecule has 0 aromatic rings. The Labute approximate surface area is 72.0 Å². The standard InChI is InChI=1S/C8H15NO3/c1-2-12-7(10)8(9)4-3-5-11-6-8/h2-6,9H2,1H3/t8-/m0/s1. The van der Waals surface area contributed by atoms with Crippen LogP contribution in [0.2, 0.25) is 0 Å². The number of carbonyl (C=O) groups excluding carboxylic acids is 1. The van der Waals surface area contributed by atoms with E-state index in [0.29, 0.717) is 19.6 Å². The van der Waals surface area contributed by atoms with Gasteiger partial charge in [-0.2, -0.15) is 0 Å². The van der Waals surface area contributed by atoms with E-state index in [9.17, 15) is 4.79 Å². The zero-order valence-corrected chi connectivity index (χ0v) is 7.34. The largest absolute Gasteiger partial charge is 0.465 e. The molecule has 2 N–H and O–H groups in total. The van der Waals surface area contributed by atoms with Crippen LogP contribution in [0, 0.1) is 0 Å². The molecule has 1 atom stereocenters. The molecule has 0 aliphatic carbocycles. The van der Waals surface area contributed by atoms with E-state index in [-0.39, 0.29) is 12.6 Å². The van der Waals surface area contributed by atoms with Crippen LogP contribution in [0.15, 0.2) is 0 Å². The number of carbonyl (C=O) groups is 1. The van der Waals surface area contributed by atoms with Crippen molar-refractivity contribution in [1.82, 2.24) is 0 Å². The van der Waals surface area contributed by atoms with Gasteiger partial charge in [-0.25, -0.2) is 4.79 Å². The van der Waals surface area contributed by atoms with Crippen LogP contribution in [0.25, 0.3) is 0 Å². The summed E-state index contributed by atoms with van der Waals surface area (Å²) in [4.78, 5) is 11.3. The molecule has 0 unspecified atom stereocenters. The van der Waals surface area contributed by atoms with E-state index in [1.165, 1.54) is 0 Å². The van der Waals surface area contributed by atoms with Gasteiger partial charge in [0, 0.05) is 6.61 Å². The van der Waals surface area contributed by atoms with E-state index in [4.69, 9.17) is 15.2 Å². The minimum absolute atomic E-state index is 0.284. The third-order valence-corrected chi connectivity index (χ3v) is 1.95. The smallest absolute Gasteiger partial charge is 0.328 e. The van der Waals surface area contributed by atoms with Crippen molar-refractivity contribution in [3.8, 4) is 0 Å². The molecule has 0 bridgehead atoms. The quantitative estimate of drug-likeness (QED) is 0.600. The molecule has 0 aromatic carbocycles. The van der Waals surface area contributed by atoms with Crippen LogP contribution in [0.3, 0.4) is 0 Å². The first-order chi connectivity index (χ1) is 5.69. The van der Waals surface area contributed by atoms with Gasteiger partial charge in [0.2, 0.25) is 0 Å². The van der Waals surface area contributed by atoms with E-state index in [1.807, 2.05) is 0 Å². The molecule has 1 rings (SSSR count). The first kappa shape index (κ1) is 9.48. The molecule has 12 heavy (non-hydrogen) atoms. The summed E-state index contributed by atoms with van der Waals surface area (Å²) < 4.78 is 9.97. The topological polar surface area (TPSA) is 61.5 Å². The van der Waals surface area contributed by atoms with Crippen LogP contribution < -0.4 is 5.73 Å². The second kappa shape index (κ2) is 3.87. The molecule has 70 valence electrons. The Kier molecular flexibility index (Phi) is 3.05. The zero-order valence-electron chi connectivity index (χ0n) is 7.34. The molecule has 1 heterocycles. The number of rotatable bonds is 2. The highest BCUT2D eigenvalue weighted by molar-refractivity contribution is 5.80.